The van der Waals surface area contributed by atoms with E-state index in [9.17, 15) is 22.4 Å². The van der Waals surface area contributed by atoms with Gasteiger partial charge < -0.3 is 10.1 Å². The van der Waals surface area contributed by atoms with Crippen LogP contribution in [0.4, 0.5) is 17.6 Å². The zero-order valence-corrected chi connectivity index (χ0v) is 18.9. The van der Waals surface area contributed by atoms with Gasteiger partial charge in [-0.05, 0) is 52.9 Å². The van der Waals surface area contributed by atoms with Gasteiger partial charge in [0.2, 0.25) is 0 Å². The van der Waals surface area contributed by atoms with Crippen LogP contribution in [0.25, 0.3) is 11.1 Å². The molecule has 0 aliphatic rings. The molecule has 0 saturated heterocycles. The molecule has 174 valence electrons. The summed E-state index contributed by atoms with van der Waals surface area (Å²) in [6.45, 7) is 1.92. The molecule has 0 heterocycles. The normalized spacial score (nSPS) is 12.3. The van der Waals surface area contributed by atoms with Gasteiger partial charge in [0, 0.05) is 5.88 Å². The van der Waals surface area contributed by atoms with Crippen molar-refractivity contribution in [3.63, 3.8) is 0 Å². The number of benzene rings is 3. The van der Waals surface area contributed by atoms with E-state index in [-0.39, 0.29) is 22.2 Å². The largest absolute Gasteiger partial charge is 0.573 e. The number of halogens is 6. The second-order valence-electron chi connectivity index (χ2n) is 7.12. The van der Waals surface area contributed by atoms with Crippen molar-refractivity contribution >= 4 is 29.1 Å². The first-order chi connectivity index (χ1) is 15.6. The van der Waals surface area contributed by atoms with E-state index >= 15 is 0 Å². The second-order valence-corrected chi connectivity index (χ2v) is 7.83. The van der Waals surface area contributed by atoms with Crippen LogP contribution >= 0.6 is 23.2 Å². The lowest BCUT2D eigenvalue weighted by Crippen LogP contribution is -2.31. The monoisotopic (exact) mass is 499 g/mol. The number of alkyl halides is 4. The molecule has 0 fully saturated rings. The molecule has 0 bridgehead atoms. The Morgan fingerprint density at radius 1 is 1.06 bits per heavy atom. The maximum atomic E-state index is 14.1. The minimum absolute atomic E-state index is 0.00941. The number of amides is 1. The first-order valence-electron chi connectivity index (χ1n) is 9.92. The molecule has 33 heavy (non-hydrogen) atoms. The molecule has 3 rings (SSSR count). The quantitative estimate of drug-likeness (QED) is 0.273. The summed E-state index contributed by atoms with van der Waals surface area (Å²) in [5, 5.41) is 2.72. The Balaban J connectivity index is 1.85. The molecule has 0 aliphatic carbocycles. The smallest absolute Gasteiger partial charge is 0.406 e. The number of hydrogen-bond donors (Lipinski definition) is 1. The zero-order chi connectivity index (χ0) is 24.2. The highest BCUT2D eigenvalue weighted by Crippen LogP contribution is 2.30. The molecule has 0 radical (unpaired) electrons. The summed E-state index contributed by atoms with van der Waals surface area (Å²) < 4.78 is 55.1. The maximum absolute atomic E-state index is 14.1. The Morgan fingerprint density at radius 2 is 1.73 bits per heavy atom. The molecule has 0 spiro atoms. The minimum atomic E-state index is -4.76. The van der Waals surface area contributed by atoms with E-state index < -0.39 is 24.1 Å². The van der Waals surface area contributed by atoms with Crippen molar-refractivity contribution in [1.29, 1.82) is 0 Å². The Labute approximate surface area is 198 Å². The van der Waals surface area contributed by atoms with E-state index in [1.165, 1.54) is 36.4 Å². The number of hydrogen-bond acceptors (Lipinski definition) is 2. The summed E-state index contributed by atoms with van der Waals surface area (Å²) in [5.41, 5.74) is 2.81. The van der Waals surface area contributed by atoms with Crippen LogP contribution < -0.4 is 10.1 Å². The molecule has 0 aromatic heterocycles. The lowest BCUT2D eigenvalue weighted by molar-refractivity contribution is -0.274. The summed E-state index contributed by atoms with van der Waals surface area (Å²) in [4.78, 5) is 12.7. The van der Waals surface area contributed by atoms with E-state index in [2.05, 4.69) is 10.1 Å². The molecule has 3 nitrogen and oxygen atoms in total. The standard InChI is InChI=1S/C24H19Cl2F4NO2/c1-2-14-12-16(15-6-9-17(10-7-15)33-24(28,29)30)8-11-18(14)21(13-25)31-23(32)22-19(26)4-3-5-20(22)27/h3-12,21H,2,13H2,1H3,(H,31,32). The van der Waals surface area contributed by atoms with Crippen LogP contribution in [0.15, 0.2) is 60.7 Å². The molecule has 1 unspecified atom stereocenters. The van der Waals surface area contributed by atoms with E-state index in [1.54, 1.807) is 12.1 Å². The van der Waals surface area contributed by atoms with Crippen molar-refractivity contribution in [1.82, 2.24) is 5.32 Å². The Kier molecular flexibility index (Phi) is 7.87. The fourth-order valence-corrected chi connectivity index (χ4v) is 3.92. The van der Waals surface area contributed by atoms with Gasteiger partial charge in [0.05, 0.1) is 16.6 Å². The molecule has 0 saturated carbocycles. The minimum Gasteiger partial charge on any atom is -0.406 e. The molecular weight excluding hydrogens is 481 g/mol. The van der Waals surface area contributed by atoms with Gasteiger partial charge in [-0.3, -0.25) is 4.79 Å². The number of carbonyl (C=O) groups excluding carboxylic acids is 1. The van der Waals surface area contributed by atoms with Crippen molar-refractivity contribution in [2.24, 2.45) is 0 Å². The van der Waals surface area contributed by atoms with Gasteiger partial charge in [-0.15, -0.1) is 24.8 Å². The first kappa shape index (κ1) is 24.9. The molecule has 9 heteroatoms. The summed E-state index contributed by atoms with van der Waals surface area (Å²) in [7, 11) is 0. The van der Waals surface area contributed by atoms with E-state index in [0.717, 1.165) is 22.8 Å². The van der Waals surface area contributed by atoms with Crippen molar-refractivity contribution in [2.45, 2.75) is 25.7 Å². The lowest BCUT2D eigenvalue weighted by Gasteiger charge is -2.21. The van der Waals surface area contributed by atoms with Crippen LogP contribution in [0.1, 0.15) is 34.5 Å². The molecule has 0 aliphatic heterocycles. The SMILES string of the molecule is CCc1cc(-c2ccc(OC(F)(F)F)cc2)ccc1C(CCl)NC(=O)c1c(F)cccc1Cl. The van der Waals surface area contributed by atoms with Crippen LogP contribution in [0, 0.1) is 5.82 Å². The highest BCUT2D eigenvalue weighted by atomic mass is 35.5. The van der Waals surface area contributed by atoms with Gasteiger partial charge in [0.1, 0.15) is 11.6 Å². The fraction of sp³-hybridized carbons (Fsp3) is 0.208. The van der Waals surface area contributed by atoms with Crippen molar-refractivity contribution in [2.75, 3.05) is 5.88 Å². The predicted molar refractivity (Wildman–Crippen MR) is 120 cm³/mol. The number of rotatable bonds is 7. The summed E-state index contributed by atoms with van der Waals surface area (Å²) in [5.74, 6) is -1.70. The Morgan fingerprint density at radius 3 is 2.30 bits per heavy atom. The van der Waals surface area contributed by atoms with Gasteiger partial charge in [-0.1, -0.05) is 54.9 Å². The number of nitrogens with one attached hydrogen (secondary N) is 1. The second kappa shape index (κ2) is 10.4. The van der Waals surface area contributed by atoms with Crippen LogP contribution in [-0.2, 0) is 6.42 Å². The third kappa shape index (κ3) is 6.18. The molecule has 1 atom stereocenters. The summed E-state index contributed by atoms with van der Waals surface area (Å²) >= 11 is 12.1. The van der Waals surface area contributed by atoms with E-state index in [1.807, 2.05) is 13.0 Å². The Hall–Kier alpha value is -2.77. The van der Waals surface area contributed by atoms with Crippen molar-refractivity contribution < 1.29 is 27.1 Å². The molecule has 3 aromatic rings. The zero-order valence-electron chi connectivity index (χ0n) is 17.3. The van der Waals surface area contributed by atoms with Crippen LogP contribution in [0.3, 0.4) is 0 Å². The topological polar surface area (TPSA) is 38.3 Å². The van der Waals surface area contributed by atoms with Crippen molar-refractivity contribution in [3.8, 4) is 16.9 Å². The molecule has 1 N–H and O–H groups in total. The average molecular weight is 500 g/mol. The van der Waals surface area contributed by atoms with Crippen LogP contribution in [0.2, 0.25) is 5.02 Å². The van der Waals surface area contributed by atoms with Crippen molar-refractivity contribution in [3.05, 3.63) is 88.2 Å². The van der Waals surface area contributed by atoms with Gasteiger partial charge in [0.25, 0.3) is 5.91 Å². The molecular formula is C24H19Cl2F4NO2. The van der Waals surface area contributed by atoms with Gasteiger partial charge >= 0.3 is 6.36 Å². The average Bonchev–Trinajstić information content (AvgIpc) is 2.76. The third-order valence-corrected chi connectivity index (χ3v) is 5.59. The predicted octanol–water partition coefficient (Wildman–Crippen LogP) is 7.32. The first-order valence-corrected chi connectivity index (χ1v) is 10.8. The summed E-state index contributed by atoms with van der Waals surface area (Å²) in [6, 6.07) is 14.3. The number of ether oxygens (including phenoxy) is 1. The Bertz CT molecular complexity index is 1110. The van der Waals surface area contributed by atoms with E-state index in [0.29, 0.717) is 12.0 Å². The highest BCUT2D eigenvalue weighted by molar-refractivity contribution is 6.33. The lowest BCUT2D eigenvalue weighted by atomic mass is 9.94. The third-order valence-electron chi connectivity index (χ3n) is 4.97. The van der Waals surface area contributed by atoms with Gasteiger partial charge in [-0.25, -0.2) is 4.39 Å². The van der Waals surface area contributed by atoms with E-state index in [4.69, 9.17) is 23.2 Å². The number of carbonyl (C=O) groups is 1. The van der Waals surface area contributed by atoms with Crippen LogP contribution in [-0.4, -0.2) is 18.1 Å². The molecule has 1 amide bonds. The van der Waals surface area contributed by atoms with Crippen LogP contribution in [0.5, 0.6) is 5.75 Å². The number of aryl methyl sites for hydroxylation is 1. The fourth-order valence-electron chi connectivity index (χ4n) is 3.43. The highest BCUT2D eigenvalue weighted by Gasteiger charge is 2.31. The van der Waals surface area contributed by atoms with Gasteiger partial charge in [-0.2, -0.15) is 0 Å². The molecule has 3 aromatic carbocycles. The maximum Gasteiger partial charge on any atom is 0.573 e. The summed E-state index contributed by atoms with van der Waals surface area (Å²) in [6.07, 6.45) is -4.16. The van der Waals surface area contributed by atoms with Gasteiger partial charge in [0.15, 0.2) is 0 Å².